The Bertz CT molecular complexity index is 734. The molecule has 1 heterocycles. The second-order valence-electron chi connectivity index (χ2n) is 7.65. The largest absolute Gasteiger partial charge is 0.497 e. The summed E-state index contributed by atoms with van der Waals surface area (Å²) in [4.78, 5) is 15.7. The monoisotopic (exact) mass is 365 g/mol. The number of fused-ring (bicyclic) bond motifs is 2. The predicted molar refractivity (Wildman–Crippen MR) is 105 cm³/mol. The molecule has 1 saturated heterocycles. The van der Waals surface area contributed by atoms with Crippen molar-refractivity contribution in [1.82, 2.24) is 4.90 Å². The molecule has 2 aliphatic rings. The first-order chi connectivity index (χ1) is 13.1. The number of methoxy groups -OCH3 is 2. The maximum absolute atomic E-state index is 13.3. The standard InChI is InChI=1S/C23H27NO3/c1-24-21(15-7-11-17(26-2)12-8-15)19-5-4-6-20(23(19)25)22(24)16-9-13-18(27-3)14-10-16/h7-14,19-22H,4-6H2,1-3H3. The number of ether oxygens (including phenoxy) is 2. The van der Waals surface area contributed by atoms with E-state index in [1.54, 1.807) is 14.2 Å². The first kappa shape index (κ1) is 18.1. The van der Waals surface area contributed by atoms with Gasteiger partial charge < -0.3 is 9.47 Å². The van der Waals surface area contributed by atoms with Crippen LogP contribution in [-0.2, 0) is 4.79 Å². The number of ketones is 1. The van der Waals surface area contributed by atoms with Crippen molar-refractivity contribution in [1.29, 1.82) is 0 Å². The highest BCUT2D eigenvalue weighted by Crippen LogP contribution is 2.51. The third kappa shape index (κ3) is 3.12. The van der Waals surface area contributed by atoms with E-state index < -0.39 is 0 Å². The van der Waals surface area contributed by atoms with Gasteiger partial charge in [0.25, 0.3) is 0 Å². The van der Waals surface area contributed by atoms with Gasteiger partial charge in [-0.05, 0) is 55.3 Å². The summed E-state index contributed by atoms with van der Waals surface area (Å²) in [7, 11) is 5.52. The van der Waals surface area contributed by atoms with Crippen molar-refractivity contribution < 1.29 is 14.3 Å². The van der Waals surface area contributed by atoms with Crippen molar-refractivity contribution >= 4 is 5.78 Å². The van der Waals surface area contributed by atoms with Crippen LogP contribution in [0, 0.1) is 11.8 Å². The lowest BCUT2D eigenvalue weighted by molar-refractivity contribution is -0.143. The summed E-state index contributed by atoms with van der Waals surface area (Å²) >= 11 is 0. The van der Waals surface area contributed by atoms with Gasteiger partial charge in [0, 0.05) is 23.9 Å². The average molecular weight is 365 g/mol. The minimum absolute atomic E-state index is 0.0802. The third-order valence-electron chi connectivity index (χ3n) is 6.32. The molecule has 4 unspecified atom stereocenters. The van der Waals surface area contributed by atoms with Crippen LogP contribution in [0.2, 0.25) is 0 Å². The quantitative estimate of drug-likeness (QED) is 0.804. The van der Waals surface area contributed by atoms with Crippen molar-refractivity contribution in [3.05, 3.63) is 59.7 Å². The predicted octanol–water partition coefficient (Wildman–Crippen LogP) is 4.42. The zero-order chi connectivity index (χ0) is 19.0. The summed E-state index contributed by atoms with van der Waals surface area (Å²) < 4.78 is 10.6. The fourth-order valence-corrected chi connectivity index (χ4v) is 5.02. The Hall–Kier alpha value is -2.33. The molecule has 0 aromatic heterocycles. The molecule has 0 N–H and O–H groups in total. The minimum atomic E-state index is 0.0802. The molecule has 2 bridgehead atoms. The second-order valence-corrected chi connectivity index (χ2v) is 7.65. The van der Waals surface area contributed by atoms with Crippen molar-refractivity contribution in [3.63, 3.8) is 0 Å². The van der Waals surface area contributed by atoms with Crippen LogP contribution >= 0.6 is 0 Å². The number of carbonyl (C=O) groups excluding carboxylic acids is 1. The van der Waals surface area contributed by atoms with Gasteiger partial charge in [0.1, 0.15) is 17.3 Å². The number of hydrogen-bond donors (Lipinski definition) is 0. The van der Waals surface area contributed by atoms with Crippen LogP contribution in [0.25, 0.3) is 0 Å². The van der Waals surface area contributed by atoms with E-state index in [-0.39, 0.29) is 23.9 Å². The van der Waals surface area contributed by atoms with Crippen molar-refractivity contribution in [2.45, 2.75) is 31.3 Å². The van der Waals surface area contributed by atoms with Crippen LogP contribution in [0.5, 0.6) is 11.5 Å². The number of rotatable bonds is 4. The Labute approximate surface area is 161 Å². The van der Waals surface area contributed by atoms with Crippen molar-refractivity contribution in [2.24, 2.45) is 11.8 Å². The van der Waals surface area contributed by atoms with Gasteiger partial charge >= 0.3 is 0 Å². The highest BCUT2D eigenvalue weighted by Gasteiger charge is 2.49. The van der Waals surface area contributed by atoms with Gasteiger partial charge in [-0.25, -0.2) is 0 Å². The normalized spacial score (nSPS) is 28.0. The van der Waals surface area contributed by atoms with E-state index in [1.165, 1.54) is 11.1 Å². The number of carbonyl (C=O) groups is 1. The number of Topliss-reactive ketones (excluding diaryl/α,β-unsaturated/α-hetero) is 1. The average Bonchev–Trinajstić information content (AvgIpc) is 2.70. The van der Waals surface area contributed by atoms with Crippen LogP contribution in [0.1, 0.15) is 42.5 Å². The molecular weight excluding hydrogens is 338 g/mol. The molecule has 1 aliphatic heterocycles. The molecule has 4 rings (SSSR count). The van der Waals surface area contributed by atoms with Crippen molar-refractivity contribution in [3.8, 4) is 11.5 Å². The molecule has 1 saturated carbocycles. The zero-order valence-electron chi connectivity index (χ0n) is 16.2. The first-order valence-electron chi connectivity index (χ1n) is 9.67. The highest BCUT2D eigenvalue weighted by molar-refractivity contribution is 5.87. The van der Waals surface area contributed by atoms with Gasteiger partial charge in [0.15, 0.2) is 0 Å². The Morgan fingerprint density at radius 3 is 1.56 bits per heavy atom. The van der Waals surface area contributed by atoms with Gasteiger partial charge in [-0.15, -0.1) is 0 Å². The fourth-order valence-electron chi connectivity index (χ4n) is 5.02. The smallest absolute Gasteiger partial charge is 0.142 e. The summed E-state index contributed by atoms with van der Waals surface area (Å²) in [6.45, 7) is 0. The van der Waals surface area contributed by atoms with Crippen LogP contribution in [0.4, 0.5) is 0 Å². The SMILES string of the molecule is COc1ccc(C2C3CCCC(C3=O)C(c3ccc(OC)cc3)N2C)cc1. The lowest BCUT2D eigenvalue weighted by atomic mass is 9.66. The maximum Gasteiger partial charge on any atom is 0.142 e. The van der Waals surface area contributed by atoms with E-state index in [1.807, 2.05) is 24.3 Å². The van der Waals surface area contributed by atoms with Gasteiger partial charge in [-0.1, -0.05) is 30.7 Å². The van der Waals surface area contributed by atoms with Crippen LogP contribution in [0.15, 0.2) is 48.5 Å². The maximum atomic E-state index is 13.3. The molecule has 0 amide bonds. The number of piperidine rings is 1. The number of benzene rings is 2. The molecule has 4 heteroatoms. The van der Waals surface area contributed by atoms with E-state index in [0.717, 1.165) is 30.8 Å². The van der Waals surface area contributed by atoms with E-state index in [2.05, 4.69) is 36.2 Å². The molecule has 1 aliphatic carbocycles. The molecule has 0 spiro atoms. The lowest BCUT2D eigenvalue weighted by Crippen LogP contribution is -2.51. The molecule has 142 valence electrons. The molecule has 2 aromatic carbocycles. The third-order valence-corrected chi connectivity index (χ3v) is 6.32. The van der Waals surface area contributed by atoms with Gasteiger partial charge in [-0.2, -0.15) is 0 Å². The van der Waals surface area contributed by atoms with Crippen LogP contribution < -0.4 is 9.47 Å². The second kappa shape index (κ2) is 7.35. The molecular formula is C23H27NO3. The van der Waals surface area contributed by atoms with Gasteiger partial charge in [0.2, 0.25) is 0 Å². The Balaban J connectivity index is 1.73. The summed E-state index contributed by atoms with van der Waals surface area (Å²) in [6.07, 6.45) is 3.08. The van der Waals surface area contributed by atoms with Crippen LogP contribution in [-0.4, -0.2) is 32.0 Å². The minimum Gasteiger partial charge on any atom is -0.497 e. The molecule has 27 heavy (non-hydrogen) atoms. The molecule has 2 fully saturated rings. The van der Waals surface area contributed by atoms with E-state index in [4.69, 9.17) is 9.47 Å². The number of hydrogen-bond acceptors (Lipinski definition) is 4. The first-order valence-corrected chi connectivity index (χ1v) is 9.67. The van der Waals surface area contributed by atoms with E-state index in [0.29, 0.717) is 5.78 Å². The van der Waals surface area contributed by atoms with E-state index >= 15 is 0 Å². The van der Waals surface area contributed by atoms with Crippen LogP contribution in [0.3, 0.4) is 0 Å². The van der Waals surface area contributed by atoms with Crippen molar-refractivity contribution in [2.75, 3.05) is 21.3 Å². The molecule has 0 radical (unpaired) electrons. The molecule has 4 nitrogen and oxygen atoms in total. The summed E-state index contributed by atoms with van der Waals surface area (Å²) in [6, 6.07) is 16.6. The summed E-state index contributed by atoms with van der Waals surface area (Å²) in [5.41, 5.74) is 2.38. The fraction of sp³-hybridized carbons (Fsp3) is 0.435. The molecule has 2 aromatic rings. The molecule has 4 atom stereocenters. The number of likely N-dealkylation sites (tertiary alicyclic amines) is 1. The van der Waals surface area contributed by atoms with Gasteiger partial charge in [-0.3, -0.25) is 9.69 Å². The zero-order valence-corrected chi connectivity index (χ0v) is 16.2. The summed E-state index contributed by atoms with van der Waals surface area (Å²) in [5.74, 6) is 2.28. The van der Waals surface area contributed by atoms with E-state index in [9.17, 15) is 4.79 Å². The highest BCUT2D eigenvalue weighted by atomic mass is 16.5. The topological polar surface area (TPSA) is 38.8 Å². The summed E-state index contributed by atoms with van der Waals surface area (Å²) in [5, 5.41) is 0. The Morgan fingerprint density at radius 2 is 1.19 bits per heavy atom. The Morgan fingerprint density at radius 1 is 0.778 bits per heavy atom. The Kier molecular flexibility index (Phi) is 4.92. The lowest BCUT2D eigenvalue weighted by Gasteiger charge is -2.50. The van der Waals surface area contributed by atoms with Gasteiger partial charge in [0.05, 0.1) is 14.2 Å². The number of nitrogens with zero attached hydrogens (tertiary/aromatic N) is 1.